The molecule has 98 valence electrons. The Morgan fingerprint density at radius 3 is 2.44 bits per heavy atom. The third-order valence-corrected chi connectivity index (χ3v) is 3.42. The molecule has 0 saturated heterocycles. The van der Waals surface area contributed by atoms with E-state index in [1.807, 2.05) is 6.92 Å². The second-order valence-electron chi connectivity index (χ2n) is 5.36. The van der Waals surface area contributed by atoms with Gasteiger partial charge in [0, 0.05) is 6.42 Å². The lowest BCUT2D eigenvalue weighted by Crippen LogP contribution is -2.18. The molecule has 0 radical (unpaired) electrons. The highest BCUT2D eigenvalue weighted by Gasteiger charge is 2.25. The topological polar surface area (TPSA) is 21.6 Å². The molecule has 18 heavy (non-hydrogen) atoms. The molecule has 3 heteroatoms. The molecule has 0 bridgehead atoms. The molecular formula is C15H20ClNO. The fourth-order valence-corrected chi connectivity index (χ4v) is 2.25. The van der Waals surface area contributed by atoms with Gasteiger partial charge in [-0.25, -0.2) is 0 Å². The van der Waals surface area contributed by atoms with Crippen LogP contribution in [0.3, 0.4) is 0 Å². The Balaban J connectivity index is 2.03. The Morgan fingerprint density at radius 2 is 1.94 bits per heavy atom. The number of alkyl halides is 1. The summed E-state index contributed by atoms with van der Waals surface area (Å²) < 4.78 is 0. The van der Waals surface area contributed by atoms with E-state index in [1.54, 1.807) is 0 Å². The molecule has 1 aromatic rings. The molecule has 0 aliphatic carbocycles. The number of rotatable bonds is 4. The first-order valence-electron chi connectivity index (χ1n) is 6.52. The Kier molecular flexibility index (Phi) is 4.28. The summed E-state index contributed by atoms with van der Waals surface area (Å²) in [4.78, 5) is 5.33. The van der Waals surface area contributed by atoms with Crippen LogP contribution in [0.15, 0.2) is 29.4 Å². The van der Waals surface area contributed by atoms with Crippen molar-refractivity contribution in [1.29, 1.82) is 0 Å². The monoisotopic (exact) mass is 265 g/mol. The van der Waals surface area contributed by atoms with Crippen LogP contribution < -0.4 is 0 Å². The zero-order valence-electron chi connectivity index (χ0n) is 11.2. The standard InChI is InChI=1S/C15H20ClNO/c1-10(2)8-12-4-6-13(7-5-12)14-9-15(11(3)16)18-17-14/h4-7,10-11,15H,8-9H2,1-3H3. The molecule has 2 atom stereocenters. The number of nitrogens with zero attached hydrogens (tertiary/aromatic N) is 1. The molecule has 2 unspecified atom stereocenters. The van der Waals surface area contributed by atoms with Gasteiger partial charge >= 0.3 is 0 Å². The normalized spacial score (nSPS) is 20.7. The summed E-state index contributed by atoms with van der Waals surface area (Å²) in [5, 5.41) is 4.12. The van der Waals surface area contributed by atoms with Crippen LogP contribution in [-0.2, 0) is 11.3 Å². The first kappa shape index (κ1) is 13.4. The fourth-order valence-electron chi connectivity index (χ4n) is 2.12. The predicted octanol–water partition coefficient (Wildman–Crippen LogP) is 4.01. The average molecular weight is 266 g/mol. The Hall–Kier alpha value is -1.02. The highest BCUT2D eigenvalue weighted by atomic mass is 35.5. The van der Waals surface area contributed by atoms with E-state index in [0.29, 0.717) is 5.92 Å². The molecule has 0 saturated carbocycles. The molecule has 0 amide bonds. The molecular weight excluding hydrogens is 246 g/mol. The average Bonchev–Trinajstić information content (AvgIpc) is 2.78. The minimum Gasteiger partial charge on any atom is -0.390 e. The molecule has 1 aliphatic heterocycles. The Labute approximate surface area is 114 Å². The van der Waals surface area contributed by atoms with Gasteiger partial charge in [0.2, 0.25) is 0 Å². The van der Waals surface area contributed by atoms with Crippen LogP contribution >= 0.6 is 11.6 Å². The van der Waals surface area contributed by atoms with E-state index in [4.69, 9.17) is 16.4 Å². The van der Waals surface area contributed by atoms with Gasteiger partial charge in [-0.15, -0.1) is 11.6 Å². The van der Waals surface area contributed by atoms with Crippen LogP contribution in [0.2, 0.25) is 0 Å². The number of benzene rings is 1. The van der Waals surface area contributed by atoms with Crippen LogP contribution in [-0.4, -0.2) is 17.2 Å². The van der Waals surface area contributed by atoms with Crippen LogP contribution in [0.25, 0.3) is 0 Å². The Bertz CT molecular complexity index is 423. The lowest BCUT2D eigenvalue weighted by molar-refractivity contribution is 0.0855. The molecule has 2 rings (SSSR count). The van der Waals surface area contributed by atoms with E-state index in [2.05, 4.69) is 43.3 Å². The van der Waals surface area contributed by atoms with E-state index in [1.165, 1.54) is 5.56 Å². The van der Waals surface area contributed by atoms with Gasteiger partial charge in [-0.1, -0.05) is 43.3 Å². The molecule has 0 aromatic heterocycles. The lowest BCUT2D eigenvalue weighted by atomic mass is 9.99. The van der Waals surface area contributed by atoms with E-state index in [-0.39, 0.29) is 11.5 Å². The molecule has 2 nitrogen and oxygen atoms in total. The van der Waals surface area contributed by atoms with Crippen molar-refractivity contribution < 1.29 is 4.84 Å². The summed E-state index contributed by atoms with van der Waals surface area (Å²) in [6, 6.07) is 8.60. The minimum atomic E-state index is -0.00790. The molecule has 1 aliphatic rings. The maximum Gasteiger partial charge on any atom is 0.149 e. The molecule has 0 fully saturated rings. The molecule has 1 heterocycles. The smallest absolute Gasteiger partial charge is 0.149 e. The predicted molar refractivity (Wildman–Crippen MR) is 76.3 cm³/mol. The lowest BCUT2D eigenvalue weighted by Gasteiger charge is -2.09. The van der Waals surface area contributed by atoms with E-state index in [0.717, 1.165) is 24.1 Å². The van der Waals surface area contributed by atoms with Gasteiger partial charge in [-0.3, -0.25) is 0 Å². The van der Waals surface area contributed by atoms with Gasteiger partial charge in [-0.2, -0.15) is 0 Å². The maximum atomic E-state index is 6.02. The van der Waals surface area contributed by atoms with Crippen LogP contribution in [0, 0.1) is 5.92 Å². The van der Waals surface area contributed by atoms with Crippen LogP contribution in [0.4, 0.5) is 0 Å². The van der Waals surface area contributed by atoms with Gasteiger partial charge < -0.3 is 4.84 Å². The largest absolute Gasteiger partial charge is 0.390 e. The number of hydrogen-bond acceptors (Lipinski definition) is 2. The maximum absolute atomic E-state index is 6.02. The summed E-state index contributed by atoms with van der Waals surface area (Å²) in [5.41, 5.74) is 3.52. The van der Waals surface area contributed by atoms with Crippen molar-refractivity contribution >= 4 is 17.3 Å². The quantitative estimate of drug-likeness (QED) is 0.754. The molecule has 1 aromatic carbocycles. The van der Waals surface area contributed by atoms with Crippen molar-refractivity contribution in [3.8, 4) is 0 Å². The van der Waals surface area contributed by atoms with E-state index < -0.39 is 0 Å². The van der Waals surface area contributed by atoms with Crippen LogP contribution in [0.1, 0.15) is 38.3 Å². The Morgan fingerprint density at radius 1 is 1.28 bits per heavy atom. The van der Waals surface area contributed by atoms with Gasteiger partial charge in [0.1, 0.15) is 6.10 Å². The van der Waals surface area contributed by atoms with Gasteiger partial charge in [-0.05, 0) is 30.4 Å². The highest BCUT2D eigenvalue weighted by molar-refractivity contribution is 6.21. The second kappa shape index (κ2) is 5.75. The van der Waals surface area contributed by atoms with Gasteiger partial charge in [0.05, 0.1) is 11.1 Å². The first-order valence-corrected chi connectivity index (χ1v) is 6.96. The molecule has 0 N–H and O–H groups in total. The summed E-state index contributed by atoms with van der Waals surface area (Å²) in [6.07, 6.45) is 1.93. The first-order chi connectivity index (χ1) is 8.56. The summed E-state index contributed by atoms with van der Waals surface area (Å²) >= 11 is 6.02. The third-order valence-electron chi connectivity index (χ3n) is 3.14. The number of oxime groups is 1. The van der Waals surface area contributed by atoms with Gasteiger partial charge in [0.25, 0.3) is 0 Å². The van der Waals surface area contributed by atoms with Crippen molar-refractivity contribution in [1.82, 2.24) is 0 Å². The summed E-state index contributed by atoms with van der Waals surface area (Å²) in [7, 11) is 0. The van der Waals surface area contributed by atoms with Crippen molar-refractivity contribution in [3.63, 3.8) is 0 Å². The van der Waals surface area contributed by atoms with Crippen molar-refractivity contribution in [2.75, 3.05) is 0 Å². The van der Waals surface area contributed by atoms with Crippen LogP contribution in [0.5, 0.6) is 0 Å². The SMILES string of the molecule is CC(C)Cc1ccc(C2=NOC(C(C)Cl)C2)cc1. The summed E-state index contributed by atoms with van der Waals surface area (Å²) in [5.74, 6) is 0.685. The van der Waals surface area contributed by atoms with Crippen molar-refractivity contribution in [2.45, 2.75) is 45.1 Å². The minimum absolute atomic E-state index is 0.00790. The zero-order chi connectivity index (χ0) is 13.1. The second-order valence-corrected chi connectivity index (χ2v) is 6.05. The van der Waals surface area contributed by atoms with E-state index in [9.17, 15) is 0 Å². The van der Waals surface area contributed by atoms with Gasteiger partial charge in [0.15, 0.2) is 0 Å². The summed E-state index contributed by atoms with van der Waals surface area (Å²) in [6.45, 7) is 6.40. The fraction of sp³-hybridized carbons (Fsp3) is 0.533. The zero-order valence-corrected chi connectivity index (χ0v) is 11.9. The van der Waals surface area contributed by atoms with E-state index >= 15 is 0 Å². The van der Waals surface area contributed by atoms with Crippen molar-refractivity contribution in [3.05, 3.63) is 35.4 Å². The number of halogens is 1. The van der Waals surface area contributed by atoms with Crippen molar-refractivity contribution in [2.24, 2.45) is 11.1 Å². The third kappa shape index (κ3) is 3.26. The molecule has 0 spiro atoms. The number of hydrogen-bond donors (Lipinski definition) is 0. The highest BCUT2D eigenvalue weighted by Crippen LogP contribution is 2.22.